The number of carbonyl (C=O) groups excluding carboxylic acids is 1. The van der Waals surface area contributed by atoms with Crippen molar-refractivity contribution < 1.29 is 14.7 Å². The van der Waals surface area contributed by atoms with E-state index in [0.29, 0.717) is 25.4 Å². The summed E-state index contributed by atoms with van der Waals surface area (Å²) in [7, 11) is 0. The van der Waals surface area contributed by atoms with Crippen molar-refractivity contribution in [1.29, 1.82) is 0 Å². The first-order valence-corrected chi connectivity index (χ1v) is 7.42. The molecule has 5 nitrogen and oxygen atoms in total. The van der Waals surface area contributed by atoms with Gasteiger partial charge in [0.1, 0.15) is 6.04 Å². The van der Waals surface area contributed by atoms with E-state index < -0.39 is 12.0 Å². The molecule has 0 spiro atoms. The van der Waals surface area contributed by atoms with Crippen LogP contribution in [-0.2, 0) is 4.79 Å². The average molecular weight is 290 g/mol. The van der Waals surface area contributed by atoms with Gasteiger partial charge in [-0.15, -0.1) is 0 Å². The zero-order valence-corrected chi connectivity index (χ0v) is 12.3. The van der Waals surface area contributed by atoms with Gasteiger partial charge in [-0.2, -0.15) is 0 Å². The molecule has 5 heteroatoms. The summed E-state index contributed by atoms with van der Waals surface area (Å²) < 4.78 is 0. The molecule has 114 valence electrons. The molecule has 21 heavy (non-hydrogen) atoms. The van der Waals surface area contributed by atoms with E-state index >= 15 is 0 Å². The third-order valence-electron chi connectivity index (χ3n) is 4.02. The maximum atomic E-state index is 12.0. The van der Waals surface area contributed by atoms with Crippen LogP contribution >= 0.6 is 0 Å². The van der Waals surface area contributed by atoms with Crippen LogP contribution in [0.25, 0.3) is 0 Å². The summed E-state index contributed by atoms with van der Waals surface area (Å²) in [5.74, 6) is -0.555. The second-order valence-corrected chi connectivity index (χ2v) is 5.52. The smallest absolute Gasteiger partial charge is 0.326 e. The van der Waals surface area contributed by atoms with E-state index in [0.717, 1.165) is 12.8 Å². The maximum Gasteiger partial charge on any atom is 0.326 e. The Morgan fingerprint density at radius 2 is 2.10 bits per heavy atom. The van der Waals surface area contributed by atoms with Crippen molar-refractivity contribution in [3.05, 3.63) is 35.9 Å². The number of amides is 2. The van der Waals surface area contributed by atoms with Crippen LogP contribution < -0.4 is 5.32 Å². The number of aliphatic carboxylic acids is 1. The maximum absolute atomic E-state index is 12.0. The van der Waals surface area contributed by atoms with Crippen molar-refractivity contribution in [3.8, 4) is 0 Å². The Labute approximate surface area is 125 Å². The summed E-state index contributed by atoms with van der Waals surface area (Å²) in [6, 6.07) is 9.22. The first-order valence-electron chi connectivity index (χ1n) is 7.42. The van der Waals surface area contributed by atoms with Crippen molar-refractivity contribution in [2.75, 3.05) is 13.1 Å². The van der Waals surface area contributed by atoms with Gasteiger partial charge in [0, 0.05) is 13.1 Å². The zero-order chi connectivity index (χ0) is 15.2. The van der Waals surface area contributed by atoms with Gasteiger partial charge in [-0.05, 0) is 30.7 Å². The van der Waals surface area contributed by atoms with Gasteiger partial charge in [0.25, 0.3) is 0 Å². The topological polar surface area (TPSA) is 69.6 Å². The summed E-state index contributed by atoms with van der Waals surface area (Å²) in [4.78, 5) is 24.5. The lowest BCUT2D eigenvalue weighted by molar-refractivity contribution is -0.141. The minimum Gasteiger partial charge on any atom is -0.480 e. The molecular formula is C16H22N2O3. The van der Waals surface area contributed by atoms with Gasteiger partial charge in [-0.3, -0.25) is 0 Å². The van der Waals surface area contributed by atoms with Gasteiger partial charge < -0.3 is 15.3 Å². The number of nitrogens with zero attached hydrogens (tertiary/aromatic N) is 1. The van der Waals surface area contributed by atoms with Crippen LogP contribution in [0.2, 0.25) is 0 Å². The Hall–Kier alpha value is -2.04. The van der Waals surface area contributed by atoms with Gasteiger partial charge in [-0.25, -0.2) is 9.59 Å². The number of hydrogen-bond donors (Lipinski definition) is 2. The lowest BCUT2D eigenvalue weighted by Crippen LogP contribution is -2.46. The van der Waals surface area contributed by atoms with E-state index in [1.54, 1.807) is 0 Å². The number of hydrogen-bond acceptors (Lipinski definition) is 2. The number of nitrogens with one attached hydrogen (secondary N) is 1. The van der Waals surface area contributed by atoms with E-state index in [1.165, 1.54) is 10.5 Å². The number of carboxylic acids is 1. The normalized spacial score (nSPS) is 19.3. The number of likely N-dealkylation sites (tertiary alicyclic amines) is 1. The molecule has 1 saturated heterocycles. The van der Waals surface area contributed by atoms with Crippen LogP contribution in [0.5, 0.6) is 0 Å². The van der Waals surface area contributed by atoms with Crippen LogP contribution in [0.3, 0.4) is 0 Å². The minimum atomic E-state index is -0.916. The van der Waals surface area contributed by atoms with E-state index in [4.69, 9.17) is 5.11 Å². The molecule has 1 aromatic rings. The summed E-state index contributed by atoms with van der Waals surface area (Å²) in [6.45, 7) is 3.20. The monoisotopic (exact) mass is 290 g/mol. The van der Waals surface area contributed by atoms with Crippen molar-refractivity contribution in [3.63, 3.8) is 0 Å². The predicted octanol–water partition coefficient (Wildman–Crippen LogP) is 2.44. The third kappa shape index (κ3) is 3.97. The van der Waals surface area contributed by atoms with Crippen molar-refractivity contribution in [2.45, 2.75) is 38.1 Å². The molecule has 0 saturated carbocycles. The fourth-order valence-electron chi connectivity index (χ4n) is 2.71. The quantitative estimate of drug-likeness (QED) is 0.875. The number of urea groups is 1. The van der Waals surface area contributed by atoms with Gasteiger partial charge in [0.2, 0.25) is 0 Å². The molecule has 1 aromatic carbocycles. The Bertz CT molecular complexity index is 490. The molecule has 2 unspecified atom stereocenters. The summed E-state index contributed by atoms with van der Waals surface area (Å²) in [6.07, 6.45) is 2.13. The van der Waals surface area contributed by atoms with Crippen LogP contribution in [0, 0.1) is 0 Å². The van der Waals surface area contributed by atoms with Gasteiger partial charge >= 0.3 is 12.0 Å². The van der Waals surface area contributed by atoms with Gasteiger partial charge in [-0.1, -0.05) is 37.3 Å². The highest BCUT2D eigenvalue weighted by Crippen LogP contribution is 2.19. The molecule has 2 atom stereocenters. The lowest BCUT2D eigenvalue weighted by Gasteiger charge is -2.22. The van der Waals surface area contributed by atoms with Crippen molar-refractivity contribution in [1.82, 2.24) is 10.2 Å². The number of carbonyl (C=O) groups is 2. The second-order valence-electron chi connectivity index (χ2n) is 5.52. The Morgan fingerprint density at radius 3 is 2.76 bits per heavy atom. The van der Waals surface area contributed by atoms with E-state index in [-0.39, 0.29) is 6.03 Å². The molecule has 0 aliphatic carbocycles. The van der Waals surface area contributed by atoms with Gasteiger partial charge in [0.15, 0.2) is 0 Å². The van der Waals surface area contributed by atoms with Crippen LogP contribution in [-0.4, -0.2) is 41.1 Å². The third-order valence-corrected chi connectivity index (χ3v) is 4.02. The second kappa shape index (κ2) is 7.11. The fourth-order valence-corrected chi connectivity index (χ4v) is 2.71. The number of benzene rings is 1. The molecule has 0 aromatic heterocycles. The molecule has 1 heterocycles. The highest BCUT2D eigenvalue weighted by atomic mass is 16.4. The molecule has 2 rings (SSSR count). The van der Waals surface area contributed by atoms with Crippen molar-refractivity contribution >= 4 is 12.0 Å². The molecule has 1 aliphatic heterocycles. The van der Waals surface area contributed by atoms with E-state index in [2.05, 4.69) is 24.4 Å². The Balaban J connectivity index is 1.78. The zero-order valence-electron chi connectivity index (χ0n) is 12.3. The standard InChI is InChI=1S/C16H22N2O3/c1-12(13-6-3-2-4-7-13)9-10-17-16(21)18-11-5-8-14(18)15(19)20/h2-4,6-7,12,14H,5,8-11H2,1H3,(H,17,21)(H,19,20). The molecule has 1 fully saturated rings. The summed E-state index contributed by atoms with van der Waals surface area (Å²) in [5, 5.41) is 11.9. The Morgan fingerprint density at radius 1 is 1.38 bits per heavy atom. The number of carboxylic acid groups (broad SMARTS) is 1. The molecule has 1 aliphatic rings. The first-order chi connectivity index (χ1) is 10.1. The molecular weight excluding hydrogens is 268 g/mol. The molecule has 0 bridgehead atoms. The largest absolute Gasteiger partial charge is 0.480 e. The SMILES string of the molecule is CC(CCNC(=O)N1CCCC1C(=O)O)c1ccccc1. The van der Waals surface area contributed by atoms with Crippen molar-refractivity contribution in [2.24, 2.45) is 0 Å². The highest BCUT2D eigenvalue weighted by Gasteiger charge is 2.33. The molecule has 2 amide bonds. The van der Waals surface area contributed by atoms with E-state index in [9.17, 15) is 9.59 Å². The highest BCUT2D eigenvalue weighted by molar-refractivity contribution is 5.83. The minimum absolute atomic E-state index is 0.264. The molecule has 0 radical (unpaired) electrons. The first kappa shape index (κ1) is 15.4. The fraction of sp³-hybridized carbons (Fsp3) is 0.500. The molecule has 2 N–H and O–H groups in total. The lowest BCUT2D eigenvalue weighted by atomic mass is 9.98. The van der Waals surface area contributed by atoms with E-state index in [1.807, 2.05) is 18.2 Å². The average Bonchev–Trinajstić information content (AvgIpc) is 2.97. The summed E-state index contributed by atoms with van der Waals surface area (Å²) >= 11 is 0. The summed E-state index contributed by atoms with van der Waals surface area (Å²) in [5.41, 5.74) is 1.25. The predicted molar refractivity (Wildman–Crippen MR) is 80.2 cm³/mol. The van der Waals surface area contributed by atoms with Crippen LogP contribution in [0.15, 0.2) is 30.3 Å². The Kier molecular flexibility index (Phi) is 5.20. The van der Waals surface area contributed by atoms with Gasteiger partial charge in [0.05, 0.1) is 0 Å². The number of rotatable bonds is 5. The van der Waals surface area contributed by atoms with Crippen LogP contribution in [0.1, 0.15) is 37.7 Å². The van der Waals surface area contributed by atoms with Crippen LogP contribution in [0.4, 0.5) is 4.79 Å².